The van der Waals surface area contributed by atoms with Crippen molar-refractivity contribution in [3.8, 4) is 0 Å². The van der Waals surface area contributed by atoms with Crippen LogP contribution in [0.15, 0.2) is 29.3 Å². The lowest BCUT2D eigenvalue weighted by atomic mass is 9.87. The van der Waals surface area contributed by atoms with Crippen LogP contribution in [-0.2, 0) is 14.3 Å². The molecule has 1 saturated carbocycles. The third-order valence-electron chi connectivity index (χ3n) is 3.90. The van der Waals surface area contributed by atoms with Gasteiger partial charge in [0.15, 0.2) is 0 Å². The lowest BCUT2D eigenvalue weighted by Crippen LogP contribution is -2.29. The van der Waals surface area contributed by atoms with Crippen LogP contribution in [0.25, 0.3) is 0 Å². The average molecular weight is 315 g/mol. The number of aliphatic imine (C=N–C) groups is 1. The zero-order valence-corrected chi connectivity index (χ0v) is 13.5. The van der Waals surface area contributed by atoms with E-state index in [1.165, 1.54) is 6.21 Å². The second-order valence-electron chi connectivity index (χ2n) is 5.71. The molecule has 0 bridgehead atoms. The van der Waals surface area contributed by atoms with E-state index in [1.807, 2.05) is 13.8 Å². The number of benzene rings is 1. The summed E-state index contributed by atoms with van der Waals surface area (Å²) in [5, 5.41) is 0. The van der Waals surface area contributed by atoms with Crippen molar-refractivity contribution in [1.82, 2.24) is 0 Å². The highest BCUT2D eigenvalue weighted by atomic mass is 16.5. The van der Waals surface area contributed by atoms with Crippen LogP contribution in [0.4, 0.5) is 5.69 Å². The van der Waals surface area contributed by atoms with E-state index in [9.17, 15) is 14.4 Å². The molecule has 0 radical (unpaired) electrons. The fourth-order valence-electron chi connectivity index (χ4n) is 2.27. The van der Waals surface area contributed by atoms with Crippen molar-refractivity contribution in [2.24, 2.45) is 10.9 Å². The minimum atomic E-state index is -0.723. The summed E-state index contributed by atoms with van der Waals surface area (Å²) in [7, 11) is 0. The van der Waals surface area contributed by atoms with E-state index in [2.05, 4.69) is 4.99 Å². The third-order valence-corrected chi connectivity index (χ3v) is 3.90. The Labute approximate surface area is 135 Å². The molecule has 0 amide bonds. The molecule has 0 N–H and O–H groups in total. The summed E-state index contributed by atoms with van der Waals surface area (Å²) in [6.07, 6.45) is 3.55. The summed E-state index contributed by atoms with van der Waals surface area (Å²) in [6.45, 7) is 3.79. The highest BCUT2D eigenvalue weighted by Crippen LogP contribution is 2.19. The Bertz CT molecular complexity index is 602. The highest BCUT2D eigenvalue weighted by molar-refractivity contribution is 6.16. The molecule has 2 rings (SSSR count). The number of Topliss-reactive ketones (excluding diaryl/α,β-unsaturated/α-hetero) is 2. The lowest BCUT2D eigenvalue weighted by molar-refractivity contribution is -0.132. The first kappa shape index (κ1) is 17.1. The molecule has 1 aliphatic rings. The summed E-state index contributed by atoms with van der Waals surface area (Å²) >= 11 is 0. The van der Waals surface area contributed by atoms with Gasteiger partial charge in [0, 0.05) is 19.1 Å². The minimum Gasteiger partial charge on any atom is -0.459 e. The third kappa shape index (κ3) is 4.58. The summed E-state index contributed by atoms with van der Waals surface area (Å²) in [4.78, 5) is 39.5. The summed E-state index contributed by atoms with van der Waals surface area (Å²) < 4.78 is 5.24. The first-order valence-electron chi connectivity index (χ1n) is 7.92. The number of esters is 1. The van der Waals surface area contributed by atoms with Crippen LogP contribution in [0, 0.1) is 5.92 Å². The maximum absolute atomic E-state index is 11.9. The Kier molecular flexibility index (Phi) is 5.79. The average Bonchev–Trinajstić information content (AvgIpc) is 2.54. The number of nitrogens with zero attached hydrogens (tertiary/aromatic N) is 1. The van der Waals surface area contributed by atoms with E-state index in [-0.39, 0.29) is 23.6 Å². The first-order chi connectivity index (χ1) is 11.0. The quantitative estimate of drug-likeness (QED) is 0.475. The molecule has 0 heterocycles. The van der Waals surface area contributed by atoms with Gasteiger partial charge in [-0.15, -0.1) is 0 Å². The fraction of sp³-hybridized carbons (Fsp3) is 0.444. The van der Waals surface area contributed by atoms with Gasteiger partial charge in [0.25, 0.3) is 0 Å². The summed E-state index contributed by atoms with van der Waals surface area (Å²) in [5.41, 5.74) is 1.05. The monoisotopic (exact) mass is 315 g/mol. The zero-order valence-electron chi connectivity index (χ0n) is 13.5. The maximum atomic E-state index is 11.9. The number of hydrogen-bond donors (Lipinski definition) is 0. The molecule has 0 aromatic heterocycles. The molecule has 1 aromatic rings. The molecule has 1 atom stereocenters. The second kappa shape index (κ2) is 7.81. The zero-order chi connectivity index (χ0) is 16.8. The van der Waals surface area contributed by atoms with Gasteiger partial charge < -0.3 is 4.74 Å². The highest BCUT2D eigenvalue weighted by Gasteiger charge is 2.28. The van der Waals surface area contributed by atoms with Crippen molar-refractivity contribution in [2.45, 2.75) is 45.6 Å². The lowest BCUT2D eigenvalue weighted by Gasteiger charge is -2.14. The Balaban J connectivity index is 2.02. The number of hydrogen-bond acceptors (Lipinski definition) is 5. The van der Waals surface area contributed by atoms with E-state index in [1.54, 1.807) is 24.3 Å². The number of ether oxygens (including phenoxy) is 1. The molecule has 1 unspecified atom stereocenters. The van der Waals surface area contributed by atoms with Crippen molar-refractivity contribution in [1.29, 1.82) is 0 Å². The van der Waals surface area contributed by atoms with E-state index in [0.717, 1.165) is 6.42 Å². The summed E-state index contributed by atoms with van der Waals surface area (Å²) in [6, 6.07) is 6.59. The van der Waals surface area contributed by atoms with Crippen LogP contribution in [-0.4, -0.2) is 29.9 Å². The van der Waals surface area contributed by atoms with Crippen LogP contribution in [0.5, 0.6) is 0 Å². The van der Waals surface area contributed by atoms with Gasteiger partial charge in [0.2, 0.25) is 0 Å². The molecular formula is C18H21NO4. The predicted molar refractivity (Wildman–Crippen MR) is 87.1 cm³/mol. The van der Waals surface area contributed by atoms with Crippen molar-refractivity contribution >= 4 is 29.4 Å². The normalized spacial score (nSPS) is 17.5. The van der Waals surface area contributed by atoms with Gasteiger partial charge in [0.1, 0.15) is 17.5 Å². The molecule has 5 nitrogen and oxygen atoms in total. The van der Waals surface area contributed by atoms with Gasteiger partial charge in [-0.05, 0) is 44.0 Å². The Morgan fingerprint density at radius 1 is 1.26 bits per heavy atom. The van der Waals surface area contributed by atoms with E-state index < -0.39 is 5.92 Å². The standard InChI is InChI=1S/C18H21NO4/c1-3-12(2)23-18(22)13-7-9-14(10-8-13)19-11-15-16(20)5-4-6-17(15)21/h7-12,15H,3-6H2,1-2H3. The molecule has 0 spiro atoms. The minimum absolute atomic E-state index is 0.0706. The van der Waals surface area contributed by atoms with Gasteiger partial charge in [-0.3, -0.25) is 14.6 Å². The molecule has 1 aliphatic carbocycles. The van der Waals surface area contributed by atoms with Gasteiger partial charge in [-0.25, -0.2) is 4.79 Å². The Hall–Kier alpha value is -2.30. The number of carbonyl (C=O) groups excluding carboxylic acids is 3. The van der Waals surface area contributed by atoms with Crippen molar-refractivity contribution in [3.05, 3.63) is 29.8 Å². The molecule has 5 heteroatoms. The summed E-state index contributed by atoms with van der Waals surface area (Å²) in [5.74, 6) is -1.23. The fourth-order valence-corrected chi connectivity index (χ4v) is 2.27. The van der Waals surface area contributed by atoms with Crippen molar-refractivity contribution in [2.75, 3.05) is 0 Å². The number of rotatable bonds is 5. The maximum Gasteiger partial charge on any atom is 0.338 e. The van der Waals surface area contributed by atoms with Gasteiger partial charge in [-0.2, -0.15) is 0 Å². The second-order valence-corrected chi connectivity index (χ2v) is 5.71. The van der Waals surface area contributed by atoms with E-state index >= 15 is 0 Å². The number of carbonyl (C=O) groups is 3. The van der Waals surface area contributed by atoms with Crippen molar-refractivity contribution in [3.63, 3.8) is 0 Å². The molecule has 0 aliphatic heterocycles. The van der Waals surface area contributed by atoms with Crippen LogP contribution >= 0.6 is 0 Å². The smallest absolute Gasteiger partial charge is 0.338 e. The molecule has 0 saturated heterocycles. The van der Waals surface area contributed by atoms with Gasteiger partial charge in [-0.1, -0.05) is 6.92 Å². The SMILES string of the molecule is CCC(C)OC(=O)c1ccc(N=CC2C(=O)CCCC2=O)cc1. The van der Waals surface area contributed by atoms with Crippen LogP contribution in [0.2, 0.25) is 0 Å². The Morgan fingerprint density at radius 3 is 2.43 bits per heavy atom. The van der Waals surface area contributed by atoms with E-state index in [0.29, 0.717) is 30.5 Å². The molecule has 23 heavy (non-hydrogen) atoms. The van der Waals surface area contributed by atoms with Crippen LogP contribution in [0.1, 0.15) is 49.9 Å². The van der Waals surface area contributed by atoms with Crippen LogP contribution < -0.4 is 0 Å². The predicted octanol–water partition coefficient (Wildman–Crippen LogP) is 3.28. The largest absolute Gasteiger partial charge is 0.459 e. The molecule has 122 valence electrons. The molecule has 1 fully saturated rings. The van der Waals surface area contributed by atoms with E-state index in [4.69, 9.17) is 4.74 Å². The van der Waals surface area contributed by atoms with Gasteiger partial charge >= 0.3 is 5.97 Å². The first-order valence-corrected chi connectivity index (χ1v) is 7.92. The van der Waals surface area contributed by atoms with Crippen LogP contribution in [0.3, 0.4) is 0 Å². The molecular weight excluding hydrogens is 294 g/mol. The molecule has 1 aromatic carbocycles. The van der Waals surface area contributed by atoms with Gasteiger partial charge in [0.05, 0.1) is 17.4 Å². The topological polar surface area (TPSA) is 72.8 Å². The number of ketones is 2. The Morgan fingerprint density at radius 2 is 1.87 bits per heavy atom. The van der Waals surface area contributed by atoms with Crippen molar-refractivity contribution < 1.29 is 19.1 Å².